The smallest absolute Gasteiger partial charge is 0.307 e. The number of carboxylic acids is 1. The van der Waals surface area contributed by atoms with E-state index in [1.165, 1.54) is 0 Å². The monoisotopic (exact) mass is 305 g/mol. The zero-order chi connectivity index (χ0) is 15.1. The maximum atomic E-state index is 13.9. The van der Waals surface area contributed by atoms with Crippen LogP contribution in [0.5, 0.6) is 0 Å². The number of aliphatic carboxylic acids is 1. The van der Waals surface area contributed by atoms with Gasteiger partial charge in [0, 0.05) is 24.4 Å². The van der Waals surface area contributed by atoms with Crippen molar-refractivity contribution < 1.29 is 27.1 Å². The zero-order valence-electron chi connectivity index (χ0n) is 10.6. The second kappa shape index (κ2) is 5.10. The van der Waals surface area contributed by atoms with Gasteiger partial charge in [0.25, 0.3) is 0 Å². The van der Waals surface area contributed by atoms with Crippen LogP contribution >= 0.6 is 0 Å². The fourth-order valence-corrected chi connectivity index (χ4v) is 2.99. The van der Waals surface area contributed by atoms with E-state index in [9.17, 15) is 22.0 Å². The van der Waals surface area contributed by atoms with Crippen molar-refractivity contribution in [2.45, 2.75) is 17.4 Å². The van der Waals surface area contributed by atoms with Gasteiger partial charge in [-0.15, -0.1) is 0 Å². The summed E-state index contributed by atoms with van der Waals surface area (Å²) in [5, 5.41) is 11.7. The predicted molar refractivity (Wildman–Crippen MR) is 66.0 cm³/mol. The molecule has 0 aromatic heterocycles. The van der Waals surface area contributed by atoms with Gasteiger partial charge in [-0.25, -0.2) is 17.2 Å². The lowest BCUT2D eigenvalue weighted by Crippen LogP contribution is -2.18. The Kier molecular flexibility index (Phi) is 3.79. The fourth-order valence-electron chi connectivity index (χ4n) is 2.26. The molecule has 1 aliphatic heterocycles. The van der Waals surface area contributed by atoms with E-state index < -0.39 is 44.3 Å². The number of hydrogen-bond donors (Lipinski definition) is 2. The van der Waals surface area contributed by atoms with Crippen LogP contribution in [-0.2, 0) is 14.6 Å². The third-order valence-corrected chi connectivity index (χ3v) is 4.42. The van der Waals surface area contributed by atoms with Gasteiger partial charge in [0.05, 0.1) is 5.92 Å². The number of halogens is 2. The molecule has 0 radical (unpaired) electrons. The van der Waals surface area contributed by atoms with Crippen LogP contribution in [0, 0.1) is 17.6 Å². The molecule has 0 saturated carbocycles. The van der Waals surface area contributed by atoms with Crippen molar-refractivity contribution in [3.05, 3.63) is 29.3 Å². The molecule has 20 heavy (non-hydrogen) atoms. The summed E-state index contributed by atoms with van der Waals surface area (Å²) in [6, 6.07) is 0.808. The van der Waals surface area contributed by atoms with Crippen molar-refractivity contribution in [2.75, 3.05) is 12.8 Å². The van der Waals surface area contributed by atoms with Gasteiger partial charge in [-0.05, 0) is 18.6 Å². The van der Waals surface area contributed by atoms with Crippen LogP contribution in [-0.4, -0.2) is 32.3 Å². The first-order valence-corrected chi connectivity index (χ1v) is 7.74. The topological polar surface area (TPSA) is 83.5 Å². The largest absolute Gasteiger partial charge is 0.481 e. The summed E-state index contributed by atoms with van der Waals surface area (Å²) < 4.78 is 50.2. The summed E-state index contributed by atoms with van der Waals surface area (Å²) in [5.74, 6) is -3.58. The summed E-state index contributed by atoms with van der Waals surface area (Å²) in [4.78, 5) is 10.1. The van der Waals surface area contributed by atoms with E-state index >= 15 is 0 Å². The van der Waals surface area contributed by atoms with Crippen LogP contribution in [0.4, 0.5) is 8.78 Å². The standard InChI is InChI=1S/C12H13F2NO4S/c1-20(18,19)11-4-8(13)7(3-9(11)14)10-2-6(5-15-10)12(16)17/h3-4,6,10,15H,2,5H2,1H3,(H,16,17). The third-order valence-electron chi connectivity index (χ3n) is 3.31. The van der Waals surface area contributed by atoms with E-state index in [1.807, 2.05) is 0 Å². The summed E-state index contributed by atoms with van der Waals surface area (Å²) >= 11 is 0. The van der Waals surface area contributed by atoms with E-state index in [0.29, 0.717) is 6.07 Å². The predicted octanol–water partition coefficient (Wildman–Crippen LogP) is 1.10. The van der Waals surface area contributed by atoms with Crippen LogP contribution in [0.3, 0.4) is 0 Å². The quantitative estimate of drug-likeness (QED) is 0.874. The minimum atomic E-state index is -3.85. The SMILES string of the molecule is CS(=O)(=O)c1cc(F)c(C2CC(C(=O)O)CN2)cc1F. The van der Waals surface area contributed by atoms with Crippen molar-refractivity contribution in [1.29, 1.82) is 0 Å². The van der Waals surface area contributed by atoms with Crippen molar-refractivity contribution in [1.82, 2.24) is 5.32 Å². The molecular formula is C12H13F2NO4S. The van der Waals surface area contributed by atoms with Crippen LogP contribution in [0.1, 0.15) is 18.0 Å². The minimum absolute atomic E-state index is 0.0568. The molecule has 110 valence electrons. The van der Waals surface area contributed by atoms with Gasteiger partial charge in [-0.3, -0.25) is 4.79 Å². The van der Waals surface area contributed by atoms with Crippen LogP contribution in [0.25, 0.3) is 0 Å². The molecule has 2 atom stereocenters. The number of hydrogen-bond acceptors (Lipinski definition) is 4. The molecule has 1 aromatic rings. The van der Waals surface area contributed by atoms with Crippen LogP contribution in [0.2, 0.25) is 0 Å². The molecule has 1 heterocycles. The maximum Gasteiger partial charge on any atom is 0.307 e. The molecule has 1 aliphatic rings. The molecule has 1 fully saturated rings. The first-order valence-electron chi connectivity index (χ1n) is 5.85. The van der Waals surface area contributed by atoms with Gasteiger partial charge in [0.15, 0.2) is 9.84 Å². The molecule has 2 N–H and O–H groups in total. The Hall–Kier alpha value is -1.54. The average Bonchev–Trinajstić information content (AvgIpc) is 2.79. The average molecular weight is 305 g/mol. The van der Waals surface area contributed by atoms with Crippen LogP contribution in [0.15, 0.2) is 17.0 Å². The summed E-state index contributed by atoms with van der Waals surface area (Å²) in [7, 11) is -3.85. The van der Waals surface area contributed by atoms with Gasteiger partial charge >= 0.3 is 5.97 Å². The first kappa shape index (κ1) is 14.9. The van der Waals surface area contributed by atoms with Gasteiger partial charge in [-0.2, -0.15) is 0 Å². The fraction of sp³-hybridized carbons (Fsp3) is 0.417. The van der Waals surface area contributed by atoms with Gasteiger partial charge in [-0.1, -0.05) is 0 Å². The second-order valence-electron chi connectivity index (χ2n) is 4.81. The first-order chi connectivity index (χ1) is 9.20. The van der Waals surface area contributed by atoms with E-state index in [-0.39, 0.29) is 18.5 Å². The van der Waals surface area contributed by atoms with Crippen molar-refractivity contribution in [3.8, 4) is 0 Å². The van der Waals surface area contributed by atoms with E-state index in [1.54, 1.807) is 0 Å². The molecule has 0 spiro atoms. The van der Waals surface area contributed by atoms with E-state index in [4.69, 9.17) is 5.11 Å². The van der Waals surface area contributed by atoms with Gasteiger partial charge in [0.2, 0.25) is 0 Å². The number of rotatable bonds is 3. The molecule has 0 bridgehead atoms. The van der Waals surface area contributed by atoms with E-state index in [0.717, 1.165) is 12.3 Å². The zero-order valence-corrected chi connectivity index (χ0v) is 11.4. The Bertz CT molecular complexity index is 660. The normalized spacial score (nSPS) is 22.9. The molecule has 0 aliphatic carbocycles. The third kappa shape index (κ3) is 2.80. The maximum absolute atomic E-state index is 13.9. The lowest BCUT2D eigenvalue weighted by molar-refractivity contribution is -0.141. The molecule has 1 saturated heterocycles. The highest BCUT2D eigenvalue weighted by molar-refractivity contribution is 7.90. The van der Waals surface area contributed by atoms with Crippen molar-refractivity contribution >= 4 is 15.8 Å². The Morgan fingerprint density at radius 1 is 1.35 bits per heavy atom. The van der Waals surface area contributed by atoms with Gasteiger partial charge in [0.1, 0.15) is 16.5 Å². The molecule has 1 aromatic carbocycles. The molecule has 8 heteroatoms. The molecular weight excluding hydrogens is 292 g/mol. The highest BCUT2D eigenvalue weighted by Gasteiger charge is 2.32. The highest BCUT2D eigenvalue weighted by Crippen LogP contribution is 2.31. The molecule has 2 unspecified atom stereocenters. The van der Waals surface area contributed by atoms with Gasteiger partial charge < -0.3 is 10.4 Å². The lowest BCUT2D eigenvalue weighted by Gasteiger charge is -2.13. The Balaban J connectivity index is 2.36. The van der Waals surface area contributed by atoms with E-state index in [2.05, 4.69) is 5.32 Å². The summed E-state index contributed by atoms with van der Waals surface area (Å²) in [6.07, 6.45) is 0.919. The number of nitrogens with one attached hydrogen (secondary N) is 1. The molecule has 5 nitrogen and oxygen atoms in total. The number of carbonyl (C=O) groups is 1. The van der Waals surface area contributed by atoms with Crippen LogP contribution < -0.4 is 5.32 Å². The lowest BCUT2D eigenvalue weighted by atomic mass is 9.99. The Labute approximate surface area is 114 Å². The number of sulfone groups is 1. The van der Waals surface area contributed by atoms with Crippen molar-refractivity contribution in [2.24, 2.45) is 5.92 Å². The summed E-state index contributed by atoms with van der Waals surface area (Å²) in [5.41, 5.74) is -0.0568. The second-order valence-corrected chi connectivity index (χ2v) is 6.79. The van der Waals surface area contributed by atoms with Crippen molar-refractivity contribution in [3.63, 3.8) is 0 Å². The molecule has 2 rings (SSSR count). The minimum Gasteiger partial charge on any atom is -0.481 e. The number of carboxylic acid groups (broad SMARTS) is 1. The molecule has 0 amide bonds. The number of benzene rings is 1. The Morgan fingerprint density at radius 3 is 2.50 bits per heavy atom. The Morgan fingerprint density at radius 2 is 2.00 bits per heavy atom. The summed E-state index contributed by atoms with van der Waals surface area (Å²) in [6.45, 7) is 0.162. The highest BCUT2D eigenvalue weighted by atomic mass is 32.2.